The molecule has 28 heavy (non-hydrogen) atoms. The number of halogens is 1. The highest BCUT2D eigenvalue weighted by atomic mass is 35.5. The van der Waals surface area contributed by atoms with Crippen molar-refractivity contribution >= 4 is 17.5 Å². The summed E-state index contributed by atoms with van der Waals surface area (Å²) in [6.45, 7) is 5.52. The minimum absolute atomic E-state index is 0.219. The monoisotopic (exact) mass is 405 g/mol. The average Bonchev–Trinajstić information content (AvgIpc) is 3.16. The fourth-order valence-electron chi connectivity index (χ4n) is 2.76. The summed E-state index contributed by atoms with van der Waals surface area (Å²) >= 11 is 6.36. The van der Waals surface area contributed by atoms with E-state index in [2.05, 4.69) is 12.2 Å². The first kappa shape index (κ1) is 20.1. The van der Waals surface area contributed by atoms with Gasteiger partial charge in [-0.05, 0) is 43.2 Å². The van der Waals surface area contributed by atoms with Gasteiger partial charge in [0, 0.05) is 12.1 Å². The molecule has 0 fully saturated rings. The maximum atomic E-state index is 12.6. The Bertz CT molecular complexity index is 840. The molecule has 1 amide bonds. The molecule has 0 aromatic heterocycles. The Hall–Kier alpha value is -2.60. The summed E-state index contributed by atoms with van der Waals surface area (Å²) in [7, 11) is 0. The van der Waals surface area contributed by atoms with Crippen molar-refractivity contribution in [3.8, 4) is 23.0 Å². The SMILES string of the molecule is CCCCOc1c(Cl)cc(C(=O)NCc2ccc3c(c2)OCO3)cc1OCC. The molecule has 1 heterocycles. The Morgan fingerprint density at radius 3 is 2.75 bits per heavy atom. The number of carbonyl (C=O) groups is 1. The van der Waals surface area contributed by atoms with Crippen LogP contribution < -0.4 is 24.3 Å². The Kier molecular flexibility index (Phi) is 6.87. The smallest absolute Gasteiger partial charge is 0.251 e. The largest absolute Gasteiger partial charge is 0.490 e. The van der Waals surface area contributed by atoms with Gasteiger partial charge in [0.2, 0.25) is 6.79 Å². The van der Waals surface area contributed by atoms with Gasteiger partial charge in [-0.2, -0.15) is 0 Å². The van der Waals surface area contributed by atoms with Gasteiger partial charge in [0.05, 0.1) is 18.2 Å². The van der Waals surface area contributed by atoms with Gasteiger partial charge < -0.3 is 24.3 Å². The summed E-state index contributed by atoms with van der Waals surface area (Å²) in [4.78, 5) is 12.6. The normalized spacial score (nSPS) is 12.0. The topological polar surface area (TPSA) is 66.0 Å². The lowest BCUT2D eigenvalue weighted by Crippen LogP contribution is -2.23. The number of nitrogens with one attached hydrogen (secondary N) is 1. The highest BCUT2D eigenvalue weighted by Gasteiger charge is 2.17. The minimum atomic E-state index is -0.249. The molecular formula is C21H24ClNO5. The molecule has 1 aliphatic rings. The van der Waals surface area contributed by atoms with E-state index >= 15 is 0 Å². The number of amides is 1. The Balaban J connectivity index is 1.70. The number of hydrogen-bond acceptors (Lipinski definition) is 5. The lowest BCUT2D eigenvalue weighted by Gasteiger charge is -2.15. The molecule has 0 radical (unpaired) electrons. The Labute approximate surface area is 169 Å². The van der Waals surface area contributed by atoms with E-state index in [0.717, 1.165) is 18.4 Å². The highest BCUT2D eigenvalue weighted by Crippen LogP contribution is 2.37. The van der Waals surface area contributed by atoms with Crippen LogP contribution in [0, 0.1) is 0 Å². The van der Waals surface area contributed by atoms with Gasteiger partial charge in [-0.3, -0.25) is 4.79 Å². The molecule has 0 saturated carbocycles. The zero-order valence-electron chi connectivity index (χ0n) is 16.0. The fourth-order valence-corrected chi connectivity index (χ4v) is 3.02. The van der Waals surface area contributed by atoms with Crippen molar-refractivity contribution in [2.24, 2.45) is 0 Å². The van der Waals surface area contributed by atoms with Gasteiger partial charge in [0.15, 0.2) is 23.0 Å². The first-order valence-corrected chi connectivity index (χ1v) is 9.76. The molecular weight excluding hydrogens is 382 g/mol. The summed E-state index contributed by atoms with van der Waals surface area (Å²) in [5.74, 6) is 2.09. The molecule has 6 nitrogen and oxygen atoms in total. The maximum Gasteiger partial charge on any atom is 0.251 e. The van der Waals surface area contributed by atoms with Crippen LogP contribution in [-0.4, -0.2) is 25.9 Å². The Morgan fingerprint density at radius 2 is 1.96 bits per heavy atom. The highest BCUT2D eigenvalue weighted by molar-refractivity contribution is 6.32. The molecule has 0 unspecified atom stereocenters. The predicted molar refractivity (Wildman–Crippen MR) is 107 cm³/mol. The van der Waals surface area contributed by atoms with Crippen LogP contribution in [-0.2, 0) is 6.54 Å². The summed E-state index contributed by atoms with van der Waals surface area (Å²) in [6, 6.07) is 8.82. The number of unbranched alkanes of at least 4 members (excludes halogenated alkanes) is 1. The number of fused-ring (bicyclic) bond motifs is 1. The number of ether oxygens (including phenoxy) is 4. The van der Waals surface area contributed by atoms with Crippen molar-refractivity contribution in [1.29, 1.82) is 0 Å². The second kappa shape index (κ2) is 9.55. The third-order valence-corrected chi connectivity index (χ3v) is 4.49. The van der Waals surface area contributed by atoms with Crippen LogP contribution in [0.5, 0.6) is 23.0 Å². The van der Waals surface area contributed by atoms with E-state index in [9.17, 15) is 4.79 Å². The molecule has 150 valence electrons. The second-order valence-electron chi connectivity index (χ2n) is 6.29. The van der Waals surface area contributed by atoms with Crippen LogP contribution in [0.1, 0.15) is 42.6 Å². The molecule has 2 aromatic rings. The van der Waals surface area contributed by atoms with Crippen molar-refractivity contribution in [3.05, 3.63) is 46.5 Å². The van der Waals surface area contributed by atoms with Crippen LogP contribution in [0.3, 0.4) is 0 Å². The molecule has 2 aromatic carbocycles. The van der Waals surface area contributed by atoms with Gasteiger partial charge in [-0.15, -0.1) is 0 Å². The van der Waals surface area contributed by atoms with Crippen LogP contribution in [0.15, 0.2) is 30.3 Å². The molecule has 1 aliphatic heterocycles. The molecule has 7 heteroatoms. The number of benzene rings is 2. The third kappa shape index (κ3) is 4.81. The zero-order chi connectivity index (χ0) is 19.9. The van der Waals surface area contributed by atoms with Crippen molar-refractivity contribution < 1.29 is 23.7 Å². The number of rotatable bonds is 9. The summed E-state index contributed by atoms with van der Waals surface area (Å²) in [5, 5.41) is 3.24. The lowest BCUT2D eigenvalue weighted by molar-refractivity contribution is 0.0950. The molecule has 3 rings (SSSR count). The second-order valence-corrected chi connectivity index (χ2v) is 6.70. The van der Waals surface area contributed by atoms with E-state index in [4.69, 9.17) is 30.5 Å². The Morgan fingerprint density at radius 1 is 1.14 bits per heavy atom. The van der Waals surface area contributed by atoms with Gasteiger partial charge in [-0.1, -0.05) is 31.0 Å². The first-order chi connectivity index (χ1) is 13.6. The summed E-state index contributed by atoms with van der Waals surface area (Å²) in [5.41, 5.74) is 1.32. The quantitative estimate of drug-likeness (QED) is 0.619. The predicted octanol–water partition coefficient (Wildman–Crippen LogP) is 4.58. The van der Waals surface area contributed by atoms with E-state index in [1.54, 1.807) is 12.1 Å². The van der Waals surface area contributed by atoms with E-state index < -0.39 is 0 Å². The van der Waals surface area contributed by atoms with Gasteiger partial charge in [0.1, 0.15) is 0 Å². The van der Waals surface area contributed by atoms with E-state index in [1.807, 2.05) is 25.1 Å². The van der Waals surface area contributed by atoms with Crippen molar-refractivity contribution in [2.75, 3.05) is 20.0 Å². The van der Waals surface area contributed by atoms with E-state index in [1.165, 1.54) is 0 Å². The first-order valence-electron chi connectivity index (χ1n) is 9.38. The zero-order valence-corrected chi connectivity index (χ0v) is 16.8. The molecule has 0 bridgehead atoms. The molecule has 1 N–H and O–H groups in total. The summed E-state index contributed by atoms with van der Waals surface area (Å²) < 4.78 is 22.0. The van der Waals surface area contributed by atoms with Crippen molar-refractivity contribution in [3.63, 3.8) is 0 Å². The molecule has 0 atom stereocenters. The van der Waals surface area contributed by atoms with Crippen LogP contribution in [0.4, 0.5) is 0 Å². The standard InChI is InChI=1S/C21H24ClNO5/c1-3-5-8-26-20-16(22)10-15(11-19(20)25-4-2)21(24)23-12-14-6-7-17-18(9-14)28-13-27-17/h6-7,9-11H,3-5,8,12-13H2,1-2H3,(H,23,24). The van der Waals surface area contributed by atoms with Crippen LogP contribution >= 0.6 is 11.6 Å². The van der Waals surface area contributed by atoms with Gasteiger partial charge >= 0.3 is 0 Å². The third-order valence-electron chi connectivity index (χ3n) is 4.21. The number of carbonyl (C=O) groups excluding carboxylic acids is 1. The van der Waals surface area contributed by atoms with E-state index in [-0.39, 0.29) is 12.7 Å². The maximum absolute atomic E-state index is 12.6. The molecule has 0 aliphatic carbocycles. The molecule has 0 spiro atoms. The molecule has 0 saturated heterocycles. The average molecular weight is 406 g/mol. The fraction of sp³-hybridized carbons (Fsp3) is 0.381. The summed E-state index contributed by atoms with van der Waals surface area (Å²) in [6.07, 6.45) is 1.93. The van der Waals surface area contributed by atoms with Gasteiger partial charge in [0.25, 0.3) is 5.91 Å². The minimum Gasteiger partial charge on any atom is -0.490 e. The lowest BCUT2D eigenvalue weighted by atomic mass is 10.1. The van der Waals surface area contributed by atoms with Gasteiger partial charge in [-0.25, -0.2) is 0 Å². The number of hydrogen-bond donors (Lipinski definition) is 1. The van der Waals surface area contributed by atoms with Crippen molar-refractivity contribution in [2.45, 2.75) is 33.2 Å². The van der Waals surface area contributed by atoms with E-state index in [0.29, 0.717) is 53.3 Å². The van der Waals surface area contributed by atoms with Crippen molar-refractivity contribution in [1.82, 2.24) is 5.32 Å². The van der Waals surface area contributed by atoms with Crippen LogP contribution in [0.2, 0.25) is 5.02 Å². The van der Waals surface area contributed by atoms with Crippen LogP contribution in [0.25, 0.3) is 0 Å².